The maximum Gasteiger partial charge on any atom is 0.339 e. The molecule has 0 bridgehead atoms. The van der Waals surface area contributed by atoms with Gasteiger partial charge in [0.1, 0.15) is 34.4 Å². The number of oxime groups is 1. The third kappa shape index (κ3) is 10.9. The Morgan fingerprint density at radius 3 is 2.52 bits per heavy atom. The molecule has 12 heteroatoms. The zero-order valence-corrected chi connectivity index (χ0v) is 24.9. The standard InChI is InChI=1S/C28H43N3O8S/c1-5-7-23(24-16-22(17-25(32)39-24)37-18-21-8-9-21)29-27(33)28(4)19-40-26(30-28)20(3)31-38-15-14-36-13-12-35-11-10-34-6-2/h16-17,21,23H,5-15,18-19H2,1-4H3,(H,29,33)/b31-20+/t23-,28?/m1/s1. The van der Waals surface area contributed by atoms with E-state index in [9.17, 15) is 9.59 Å². The van der Waals surface area contributed by atoms with Gasteiger partial charge in [-0.15, -0.1) is 11.8 Å². The molecule has 1 fully saturated rings. The molecule has 3 rings (SSSR count). The molecule has 0 saturated heterocycles. The molecular formula is C28H43N3O8S. The van der Waals surface area contributed by atoms with Gasteiger partial charge in [-0.3, -0.25) is 9.79 Å². The average molecular weight is 582 g/mol. The van der Waals surface area contributed by atoms with Crippen molar-refractivity contribution in [3.05, 3.63) is 28.3 Å². The summed E-state index contributed by atoms with van der Waals surface area (Å²) in [4.78, 5) is 35.6. The molecule has 1 aliphatic carbocycles. The highest BCUT2D eigenvalue weighted by Gasteiger charge is 2.40. The van der Waals surface area contributed by atoms with Gasteiger partial charge in [0.05, 0.1) is 51.7 Å². The van der Waals surface area contributed by atoms with Crippen molar-refractivity contribution in [2.75, 3.05) is 58.6 Å². The molecule has 2 aliphatic rings. The van der Waals surface area contributed by atoms with E-state index in [1.54, 1.807) is 19.9 Å². The predicted octanol–water partition coefficient (Wildman–Crippen LogP) is 3.75. The van der Waals surface area contributed by atoms with Crippen LogP contribution in [0.3, 0.4) is 0 Å². The van der Waals surface area contributed by atoms with E-state index in [0.717, 1.165) is 19.3 Å². The SMILES string of the molecule is CCC[C@@H](NC(=O)C1(C)CSC(/C(C)=N/OCCOCCOCCOCC)=N1)c1cc(OCC2CC2)cc(=O)o1. The second kappa shape index (κ2) is 16.8. The predicted molar refractivity (Wildman–Crippen MR) is 154 cm³/mol. The molecule has 1 unspecified atom stereocenters. The van der Waals surface area contributed by atoms with Crippen molar-refractivity contribution in [2.45, 2.75) is 65.0 Å². The van der Waals surface area contributed by atoms with Crippen molar-refractivity contribution in [3.63, 3.8) is 0 Å². The molecular weight excluding hydrogens is 538 g/mol. The van der Waals surface area contributed by atoms with Crippen molar-refractivity contribution in [3.8, 4) is 5.75 Å². The van der Waals surface area contributed by atoms with Crippen molar-refractivity contribution < 1.29 is 33.0 Å². The van der Waals surface area contributed by atoms with E-state index in [-0.39, 0.29) is 5.91 Å². The highest BCUT2D eigenvalue weighted by molar-refractivity contribution is 8.16. The van der Waals surface area contributed by atoms with E-state index in [1.165, 1.54) is 17.8 Å². The van der Waals surface area contributed by atoms with E-state index in [4.69, 9.17) is 28.2 Å². The number of nitrogens with zero attached hydrogens (tertiary/aromatic N) is 2. The molecule has 1 N–H and O–H groups in total. The first kappa shape index (κ1) is 32.1. The zero-order chi connectivity index (χ0) is 28.8. The Labute approximate surface area is 240 Å². The normalized spacial score (nSPS) is 19.8. The summed E-state index contributed by atoms with van der Waals surface area (Å²) < 4.78 is 27.3. The summed E-state index contributed by atoms with van der Waals surface area (Å²) in [5, 5.41) is 7.83. The van der Waals surface area contributed by atoms with Crippen LogP contribution in [0.4, 0.5) is 0 Å². The number of carbonyl (C=O) groups is 1. The van der Waals surface area contributed by atoms with Crippen molar-refractivity contribution in [2.24, 2.45) is 16.1 Å². The van der Waals surface area contributed by atoms with Crippen molar-refractivity contribution >= 4 is 28.4 Å². The molecule has 0 aromatic carbocycles. The van der Waals surface area contributed by atoms with Crippen molar-refractivity contribution in [1.82, 2.24) is 5.32 Å². The summed E-state index contributed by atoms with van der Waals surface area (Å²) in [5.41, 5.74) is -0.892. The lowest BCUT2D eigenvalue weighted by Crippen LogP contribution is -2.45. The van der Waals surface area contributed by atoms with Crippen LogP contribution in [0.15, 0.2) is 31.5 Å². The smallest absolute Gasteiger partial charge is 0.339 e. The molecule has 2 heterocycles. The van der Waals surface area contributed by atoms with Crippen LogP contribution >= 0.6 is 11.8 Å². The van der Waals surface area contributed by atoms with Crippen LogP contribution in [-0.2, 0) is 23.8 Å². The Bertz CT molecular complexity index is 1060. The van der Waals surface area contributed by atoms with Crippen LogP contribution in [-0.4, -0.2) is 80.8 Å². The molecule has 0 radical (unpaired) electrons. The minimum Gasteiger partial charge on any atom is -0.493 e. The maximum atomic E-state index is 13.4. The molecule has 1 amide bonds. The van der Waals surface area contributed by atoms with Gasteiger partial charge in [0.2, 0.25) is 5.91 Å². The Kier molecular flexibility index (Phi) is 13.5. The largest absolute Gasteiger partial charge is 0.493 e. The molecule has 1 aromatic rings. The number of rotatable bonds is 20. The number of amides is 1. The molecule has 2 atom stereocenters. The lowest BCUT2D eigenvalue weighted by molar-refractivity contribution is -0.125. The van der Waals surface area contributed by atoms with E-state index in [0.29, 0.717) is 93.2 Å². The lowest BCUT2D eigenvalue weighted by Gasteiger charge is -2.24. The van der Waals surface area contributed by atoms with E-state index in [1.807, 2.05) is 13.8 Å². The van der Waals surface area contributed by atoms with Crippen LogP contribution < -0.4 is 15.7 Å². The van der Waals surface area contributed by atoms with Crippen LogP contribution in [0.5, 0.6) is 5.75 Å². The fourth-order valence-corrected chi connectivity index (χ4v) is 4.90. The molecule has 1 saturated carbocycles. The van der Waals surface area contributed by atoms with Gasteiger partial charge in [0.15, 0.2) is 0 Å². The van der Waals surface area contributed by atoms with Gasteiger partial charge in [0.25, 0.3) is 0 Å². The minimum atomic E-state index is -0.992. The Balaban J connectivity index is 1.48. The summed E-state index contributed by atoms with van der Waals surface area (Å²) in [7, 11) is 0. The summed E-state index contributed by atoms with van der Waals surface area (Å²) in [5.74, 6) is 1.63. The molecule has 0 spiro atoms. The second-order valence-corrected chi connectivity index (χ2v) is 11.0. The Morgan fingerprint density at radius 2 is 1.85 bits per heavy atom. The van der Waals surface area contributed by atoms with Crippen LogP contribution in [0.1, 0.15) is 65.2 Å². The lowest BCUT2D eigenvalue weighted by atomic mass is 10.0. The van der Waals surface area contributed by atoms with Gasteiger partial charge in [-0.25, -0.2) is 4.79 Å². The van der Waals surface area contributed by atoms with Gasteiger partial charge >= 0.3 is 5.63 Å². The first-order valence-electron chi connectivity index (χ1n) is 14.1. The van der Waals surface area contributed by atoms with Gasteiger partial charge in [-0.2, -0.15) is 0 Å². The number of hydrogen-bond acceptors (Lipinski definition) is 11. The van der Waals surface area contributed by atoms with Gasteiger partial charge in [-0.05, 0) is 46.0 Å². The number of carbonyl (C=O) groups excluding carboxylic acids is 1. The summed E-state index contributed by atoms with van der Waals surface area (Å²) in [6, 6.07) is 2.58. The quantitative estimate of drug-likeness (QED) is 0.139. The Hall–Kier alpha value is -2.41. The highest BCUT2D eigenvalue weighted by atomic mass is 32.2. The number of hydrogen-bond donors (Lipinski definition) is 1. The van der Waals surface area contributed by atoms with E-state index >= 15 is 0 Å². The van der Waals surface area contributed by atoms with E-state index < -0.39 is 17.2 Å². The Morgan fingerprint density at radius 1 is 1.15 bits per heavy atom. The topological polar surface area (TPSA) is 130 Å². The maximum absolute atomic E-state index is 13.4. The van der Waals surface area contributed by atoms with E-state index in [2.05, 4.69) is 15.5 Å². The van der Waals surface area contributed by atoms with Gasteiger partial charge in [0, 0.05) is 18.4 Å². The first-order chi connectivity index (χ1) is 19.3. The number of thioether (sulfide) groups is 1. The molecule has 40 heavy (non-hydrogen) atoms. The van der Waals surface area contributed by atoms with Crippen LogP contribution in [0.25, 0.3) is 0 Å². The third-order valence-corrected chi connectivity index (χ3v) is 7.64. The third-order valence-electron chi connectivity index (χ3n) is 6.28. The molecule has 11 nitrogen and oxygen atoms in total. The number of aliphatic imine (C=N–C) groups is 1. The monoisotopic (exact) mass is 581 g/mol. The summed E-state index contributed by atoms with van der Waals surface area (Å²) in [6.07, 6.45) is 3.70. The first-order valence-corrected chi connectivity index (χ1v) is 15.0. The van der Waals surface area contributed by atoms with Crippen molar-refractivity contribution in [1.29, 1.82) is 0 Å². The second-order valence-electron chi connectivity index (χ2n) is 9.99. The zero-order valence-electron chi connectivity index (χ0n) is 24.1. The summed E-state index contributed by atoms with van der Waals surface area (Å²) >= 11 is 1.45. The molecule has 1 aromatic heterocycles. The van der Waals surface area contributed by atoms with Crippen LogP contribution in [0, 0.1) is 5.92 Å². The fourth-order valence-electron chi connectivity index (χ4n) is 3.78. The van der Waals surface area contributed by atoms with Gasteiger partial charge in [-0.1, -0.05) is 18.5 Å². The average Bonchev–Trinajstić information content (AvgIpc) is 3.68. The highest BCUT2D eigenvalue weighted by Crippen LogP contribution is 2.32. The molecule has 224 valence electrons. The number of ether oxygens (including phenoxy) is 4. The minimum absolute atomic E-state index is 0.244. The summed E-state index contributed by atoms with van der Waals surface area (Å²) in [6.45, 7) is 11.6. The fraction of sp³-hybridized carbons (Fsp3) is 0.714. The number of nitrogens with one attached hydrogen (secondary N) is 1. The van der Waals surface area contributed by atoms with Gasteiger partial charge < -0.3 is 33.5 Å². The molecule has 1 aliphatic heterocycles. The van der Waals surface area contributed by atoms with Crippen LogP contribution in [0.2, 0.25) is 0 Å².